The van der Waals surface area contributed by atoms with Crippen molar-refractivity contribution < 1.29 is 14.3 Å². The first-order valence-corrected chi connectivity index (χ1v) is 8.31. The van der Waals surface area contributed by atoms with E-state index >= 15 is 0 Å². The first-order valence-electron chi connectivity index (χ1n) is 7.51. The molecular formula is C16H23BrN2O3. The van der Waals surface area contributed by atoms with Crippen LogP contribution in [0.25, 0.3) is 0 Å². The van der Waals surface area contributed by atoms with Crippen LogP contribution in [0, 0.1) is 0 Å². The fraction of sp³-hybridized carbons (Fsp3) is 0.500. The van der Waals surface area contributed by atoms with Crippen molar-refractivity contribution in [1.29, 1.82) is 0 Å². The third-order valence-corrected chi connectivity index (χ3v) is 3.42. The van der Waals surface area contributed by atoms with Gasteiger partial charge in [-0.3, -0.25) is 9.59 Å². The van der Waals surface area contributed by atoms with Crippen molar-refractivity contribution in [2.24, 2.45) is 0 Å². The lowest BCUT2D eigenvalue weighted by Crippen LogP contribution is -2.37. The predicted octanol–water partition coefficient (Wildman–Crippen LogP) is 2.50. The Kier molecular flexibility index (Phi) is 9.50. The molecule has 0 unspecified atom stereocenters. The summed E-state index contributed by atoms with van der Waals surface area (Å²) in [5.41, 5.74) is 0.520. The molecule has 0 fully saturated rings. The Hall–Kier alpha value is -1.40. The molecule has 0 heterocycles. The highest BCUT2D eigenvalue weighted by Crippen LogP contribution is 2.11. The number of halogens is 1. The molecule has 2 amide bonds. The van der Waals surface area contributed by atoms with Gasteiger partial charge in [-0.25, -0.2) is 0 Å². The van der Waals surface area contributed by atoms with Gasteiger partial charge in [0.25, 0.3) is 5.91 Å². The minimum atomic E-state index is -0.264. The molecule has 0 aliphatic heterocycles. The number of hydrogen-bond donors (Lipinski definition) is 2. The second kappa shape index (κ2) is 11.2. The van der Waals surface area contributed by atoms with Gasteiger partial charge < -0.3 is 15.4 Å². The zero-order chi connectivity index (χ0) is 16.2. The molecule has 1 rings (SSSR count). The first kappa shape index (κ1) is 18.6. The molecule has 2 N–H and O–H groups in total. The topological polar surface area (TPSA) is 67.4 Å². The van der Waals surface area contributed by atoms with Crippen LogP contribution in [0.5, 0.6) is 0 Å². The van der Waals surface area contributed by atoms with Gasteiger partial charge in [0.05, 0.1) is 6.54 Å². The van der Waals surface area contributed by atoms with Crippen LogP contribution in [0.15, 0.2) is 28.7 Å². The van der Waals surface area contributed by atoms with E-state index in [0.29, 0.717) is 18.7 Å². The number of unbranched alkanes of at least 4 members (excludes halogenated alkanes) is 1. The lowest BCUT2D eigenvalue weighted by Gasteiger charge is -2.07. The number of ether oxygens (including phenoxy) is 1. The molecule has 5 nitrogen and oxygen atoms in total. The minimum absolute atomic E-state index is 0.0258. The molecule has 6 heteroatoms. The lowest BCUT2D eigenvalue weighted by atomic mass is 10.2. The summed E-state index contributed by atoms with van der Waals surface area (Å²) < 4.78 is 6.22. The molecule has 0 saturated heterocycles. The van der Waals surface area contributed by atoms with Crippen molar-refractivity contribution in [2.45, 2.75) is 26.2 Å². The number of rotatable bonds is 10. The molecule has 0 aliphatic carbocycles. The summed E-state index contributed by atoms with van der Waals surface area (Å²) in [4.78, 5) is 23.5. The Bertz CT molecular complexity index is 480. The monoisotopic (exact) mass is 370 g/mol. The van der Waals surface area contributed by atoms with Gasteiger partial charge in [-0.2, -0.15) is 0 Å². The maximum atomic E-state index is 11.8. The van der Waals surface area contributed by atoms with E-state index < -0.39 is 0 Å². The zero-order valence-electron chi connectivity index (χ0n) is 12.9. The highest BCUT2D eigenvalue weighted by Gasteiger charge is 2.07. The highest BCUT2D eigenvalue weighted by atomic mass is 79.9. The largest absolute Gasteiger partial charge is 0.381 e. The fourth-order valence-corrected chi connectivity index (χ4v) is 2.10. The van der Waals surface area contributed by atoms with Crippen LogP contribution in [0.1, 0.15) is 36.5 Å². The van der Waals surface area contributed by atoms with Gasteiger partial charge in [-0.05, 0) is 31.0 Å². The van der Waals surface area contributed by atoms with E-state index in [2.05, 4.69) is 33.5 Å². The fourth-order valence-electron chi connectivity index (χ4n) is 1.71. The molecule has 1 aromatic carbocycles. The maximum absolute atomic E-state index is 11.8. The molecule has 0 bridgehead atoms. The van der Waals surface area contributed by atoms with E-state index in [4.69, 9.17) is 4.74 Å². The van der Waals surface area contributed by atoms with Crippen molar-refractivity contribution in [2.75, 3.05) is 26.3 Å². The molecule has 22 heavy (non-hydrogen) atoms. The minimum Gasteiger partial charge on any atom is -0.381 e. The summed E-state index contributed by atoms with van der Waals surface area (Å²) in [5.74, 6) is -0.462. The van der Waals surface area contributed by atoms with Crippen LogP contribution in [-0.2, 0) is 9.53 Å². The van der Waals surface area contributed by atoms with E-state index in [1.807, 2.05) is 6.07 Å². The number of nitrogens with one attached hydrogen (secondary N) is 2. The SMILES string of the molecule is CCCCOCCCNC(=O)CNC(=O)c1cccc(Br)c1. The third-order valence-electron chi connectivity index (χ3n) is 2.93. The van der Waals surface area contributed by atoms with Gasteiger partial charge in [0, 0.05) is 29.8 Å². The molecule has 0 aromatic heterocycles. The number of carbonyl (C=O) groups is 2. The zero-order valence-corrected chi connectivity index (χ0v) is 14.4. The van der Waals surface area contributed by atoms with E-state index in [0.717, 1.165) is 30.3 Å². The van der Waals surface area contributed by atoms with Crippen molar-refractivity contribution in [3.05, 3.63) is 34.3 Å². The number of hydrogen-bond acceptors (Lipinski definition) is 3. The standard InChI is InChI=1S/C16H23BrN2O3/c1-2-3-9-22-10-5-8-18-15(20)12-19-16(21)13-6-4-7-14(17)11-13/h4,6-7,11H,2-3,5,8-10,12H2,1H3,(H,18,20)(H,19,21). The molecule has 0 aliphatic rings. The Morgan fingerprint density at radius 1 is 1.18 bits per heavy atom. The maximum Gasteiger partial charge on any atom is 0.251 e. The van der Waals surface area contributed by atoms with Gasteiger partial charge in [0.2, 0.25) is 5.91 Å². The Morgan fingerprint density at radius 2 is 1.95 bits per heavy atom. The van der Waals surface area contributed by atoms with Crippen molar-refractivity contribution in [3.63, 3.8) is 0 Å². The summed E-state index contributed by atoms with van der Waals surface area (Å²) in [6.07, 6.45) is 2.96. The average Bonchev–Trinajstić information content (AvgIpc) is 2.51. The molecule has 0 radical (unpaired) electrons. The lowest BCUT2D eigenvalue weighted by molar-refractivity contribution is -0.120. The van der Waals surface area contributed by atoms with Gasteiger partial charge in [-0.1, -0.05) is 35.3 Å². The van der Waals surface area contributed by atoms with Crippen LogP contribution in [0.4, 0.5) is 0 Å². The summed E-state index contributed by atoms with van der Waals surface area (Å²) in [6.45, 7) is 4.06. The second-order valence-corrected chi connectivity index (χ2v) is 5.78. The van der Waals surface area contributed by atoms with E-state index in [9.17, 15) is 9.59 Å². The summed E-state index contributed by atoms with van der Waals surface area (Å²) in [5, 5.41) is 5.34. The Labute approximate surface area is 139 Å². The molecule has 0 saturated carbocycles. The molecule has 0 atom stereocenters. The van der Waals surface area contributed by atoms with Gasteiger partial charge >= 0.3 is 0 Å². The van der Waals surface area contributed by atoms with Crippen LogP contribution in [0.2, 0.25) is 0 Å². The van der Waals surface area contributed by atoms with E-state index in [-0.39, 0.29) is 18.4 Å². The summed E-state index contributed by atoms with van der Waals surface area (Å²) in [7, 11) is 0. The quantitative estimate of drug-likeness (QED) is 0.621. The van der Waals surface area contributed by atoms with Crippen LogP contribution < -0.4 is 10.6 Å². The molecule has 0 spiro atoms. The number of carbonyl (C=O) groups excluding carboxylic acids is 2. The molecule has 1 aromatic rings. The van der Waals surface area contributed by atoms with Crippen LogP contribution in [-0.4, -0.2) is 38.1 Å². The summed E-state index contributed by atoms with van der Waals surface area (Å²) >= 11 is 3.30. The molecule has 122 valence electrons. The Morgan fingerprint density at radius 3 is 2.68 bits per heavy atom. The first-order chi connectivity index (χ1) is 10.6. The number of amides is 2. The number of benzene rings is 1. The highest BCUT2D eigenvalue weighted by molar-refractivity contribution is 9.10. The third kappa shape index (κ3) is 8.14. The van der Waals surface area contributed by atoms with Gasteiger partial charge in [0.1, 0.15) is 0 Å². The van der Waals surface area contributed by atoms with Crippen LogP contribution >= 0.6 is 15.9 Å². The van der Waals surface area contributed by atoms with E-state index in [1.54, 1.807) is 18.2 Å². The van der Waals surface area contributed by atoms with E-state index in [1.165, 1.54) is 0 Å². The van der Waals surface area contributed by atoms with Crippen molar-refractivity contribution in [3.8, 4) is 0 Å². The smallest absolute Gasteiger partial charge is 0.251 e. The normalized spacial score (nSPS) is 10.3. The van der Waals surface area contributed by atoms with Crippen molar-refractivity contribution >= 4 is 27.7 Å². The van der Waals surface area contributed by atoms with Gasteiger partial charge in [-0.15, -0.1) is 0 Å². The molecular weight excluding hydrogens is 348 g/mol. The second-order valence-electron chi connectivity index (χ2n) is 4.86. The predicted molar refractivity (Wildman–Crippen MR) is 89.8 cm³/mol. The van der Waals surface area contributed by atoms with Crippen molar-refractivity contribution in [1.82, 2.24) is 10.6 Å². The average molecular weight is 371 g/mol. The summed E-state index contributed by atoms with van der Waals surface area (Å²) in [6, 6.07) is 7.02. The van der Waals surface area contributed by atoms with Gasteiger partial charge in [0.15, 0.2) is 0 Å². The van der Waals surface area contributed by atoms with Crippen LogP contribution in [0.3, 0.4) is 0 Å². The Balaban J connectivity index is 2.11.